The maximum atomic E-state index is 12.1. The predicted molar refractivity (Wildman–Crippen MR) is 97.7 cm³/mol. The third-order valence-corrected chi connectivity index (χ3v) is 3.99. The lowest BCUT2D eigenvalue weighted by Crippen LogP contribution is -2.25. The van der Waals surface area contributed by atoms with Gasteiger partial charge in [-0.1, -0.05) is 32.0 Å². The molecular weight excluding hydrogens is 300 g/mol. The van der Waals surface area contributed by atoms with Crippen LogP contribution in [0.15, 0.2) is 42.5 Å². The van der Waals surface area contributed by atoms with Gasteiger partial charge in [0.25, 0.3) is 5.91 Å². The SMILES string of the molecule is CC(C)CCNC(=O)c1ccc(-c2ccc3nc(N)[nH]c3c2)cc1. The number of H-pyrrole nitrogens is 1. The number of amides is 1. The zero-order valence-electron chi connectivity index (χ0n) is 14.0. The lowest BCUT2D eigenvalue weighted by Gasteiger charge is -2.08. The molecule has 0 aliphatic carbocycles. The van der Waals surface area contributed by atoms with Gasteiger partial charge < -0.3 is 16.0 Å². The summed E-state index contributed by atoms with van der Waals surface area (Å²) >= 11 is 0. The van der Waals surface area contributed by atoms with E-state index in [4.69, 9.17) is 5.73 Å². The molecule has 0 saturated heterocycles. The molecule has 1 aromatic heterocycles. The number of fused-ring (bicyclic) bond motifs is 1. The van der Waals surface area contributed by atoms with E-state index >= 15 is 0 Å². The number of benzene rings is 2. The van der Waals surface area contributed by atoms with Gasteiger partial charge in [-0.05, 0) is 47.7 Å². The topological polar surface area (TPSA) is 83.8 Å². The first-order valence-corrected chi connectivity index (χ1v) is 8.17. The highest BCUT2D eigenvalue weighted by atomic mass is 16.1. The Morgan fingerprint density at radius 2 is 1.88 bits per heavy atom. The van der Waals surface area contributed by atoms with Crippen LogP contribution in [0.4, 0.5) is 5.95 Å². The lowest BCUT2D eigenvalue weighted by atomic mass is 10.0. The summed E-state index contributed by atoms with van der Waals surface area (Å²) in [5, 5.41) is 2.95. The summed E-state index contributed by atoms with van der Waals surface area (Å²) in [4.78, 5) is 19.3. The number of rotatable bonds is 5. The summed E-state index contributed by atoms with van der Waals surface area (Å²) in [5.41, 5.74) is 10.2. The molecule has 0 saturated carbocycles. The molecule has 3 aromatic rings. The van der Waals surface area contributed by atoms with Gasteiger partial charge in [0.2, 0.25) is 0 Å². The average Bonchev–Trinajstić information content (AvgIpc) is 2.93. The molecule has 3 rings (SSSR count). The van der Waals surface area contributed by atoms with Gasteiger partial charge in [0.15, 0.2) is 5.95 Å². The largest absolute Gasteiger partial charge is 0.369 e. The van der Waals surface area contributed by atoms with Crippen molar-refractivity contribution in [1.29, 1.82) is 0 Å². The van der Waals surface area contributed by atoms with Crippen LogP contribution in [-0.4, -0.2) is 22.4 Å². The highest BCUT2D eigenvalue weighted by Gasteiger charge is 2.07. The highest BCUT2D eigenvalue weighted by Crippen LogP contribution is 2.24. The van der Waals surface area contributed by atoms with Crippen LogP contribution in [0, 0.1) is 5.92 Å². The van der Waals surface area contributed by atoms with Crippen LogP contribution >= 0.6 is 0 Å². The first-order valence-electron chi connectivity index (χ1n) is 8.17. The van der Waals surface area contributed by atoms with Crippen molar-refractivity contribution in [2.75, 3.05) is 12.3 Å². The molecule has 0 aliphatic rings. The van der Waals surface area contributed by atoms with Crippen LogP contribution in [-0.2, 0) is 0 Å². The number of nitrogens with one attached hydrogen (secondary N) is 2. The summed E-state index contributed by atoms with van der Waals surface area (Å²) in [6, 6.07) is 13.6. The molecule has 24 heavy (non-hydrogen) atoms. The number of nitrogens with two attached hydrogens (primary N) is 1. The van der Waals surface area contributed by atoms with Crippen LogP contribution in [0.3, 0.4) is 0 Å². The van der Waals surface area contributed by atoms with Crippen molar-refractivity contribution in [2.45, 2.75) is 20.3 Å². The normalized spacial score (nSPS) is 11.1. The van der Waals surface area contributed by atoms with Crippen molar-refractivity contribution in [2.24, 2.45) is 5.92 Å². The third kappa shape index (κ3) is 3.56. The maximum absolute atomic E-state index is 12.1. The first kappa shape index (κ1) is 16.1. The smallest absolute Gasteiger partial charge is 0.251 e. The van der Waals surface area contributed by atoms with Gasteiger partial charge in [0, 0.05) is 12.1 Å². The van der Waals surface area contributed by atoms with Crippen LogP contribution in [0.5, 0.6) is 0 Å². The summed E-state index contributed by atoms with van der Waals surface area (Å²) < 4.78 is 0. The molecule has 0 unspecified atom stereocenters. The van der Waals surface area contributed by atoms with E-state index in [1.165, 1.54) is 0 Å². The summed E-state index contributed by atoms with van der Waals surface area (Å²) in [6.07, 6.45) is 0.983. The number of aromatic amines is 1. The van der Waals surface area contributed by atoms with E-state index in [9.17, 15) is 4.79 Å². The van der Waals surface area contributed by atoms with Crippen LogP contribution in [0.25, 0.3) is 22.2 Å². The van der Waals surface area contributed by atoms with E-state index in [1.807, 2.05) is 42.5 Å². The number of carbonyl (C=O) groups excluding carboxylic acids is 1. The van der Waals surface area contributed by atoms with Crippen LogP contribution in [0.2, 0.25) is 0 Å². The second-order valence-corrected chi connectivity index (χ2v) is 6.37. The fourth-order valence-electron chi connectivity index (χ4n) is 2.60. The zero-order chi connectivity index (χ0) is 17.1. The minimum atomic E-state index is -0.0287. The number of aromatic nitrogens is 2. The zero-order valence-corrected chi connectivity index (χ0v) is 14.0. The van der Waals surface area contributed by atoms with Gasteiger partial charge in [-0.2, -0.15) is 0 Å². The number of imidazole rings is 1. The third-order valence-electron chi connectivity index (χ3n) is 3.99. The van der Waals surface area contributed by atoms with Gasteiger partial charge in [-0.25, -0.2) is 4.98 Å². The van der Waals surface area contributed by atoms with Gasteiger partial charge in [0.1, 0.15) is 0 Å². The Balaban J connectivity index is 1.74. The highest BCUT2D eigenvalue weighted by molar-refractivity contribution is 5.94. The Morgan fingerprint density at radius 3 is 2.58 bits per heavy atom. The molecule has 0 fully saturated rings. The molecule has 0 spiro atoms. The number of hydrogen-bond acceptors (Lipinski definition) is 3. The monoisotopic (exact) mass is 322 g/mol. The molecule has 0 atom stereocenters. The van der Waals surface area contributed by atoms with Gasteiger partial charge in [0.05, 0.1) is 11.0 Å². The van der Waals surface area contributed by atoms with Gasteiger partial charge in [-0.15, -0.1) is 0 Å². The molecule has 0 aliphatic heterocycles. The van der Waals surface area contributed by atoms with Crippen LogP contribution < -0.4 is 11.1 Å². The Kier molecular flexibility index (Phi) is 4.51. The first-order chi connectivity index (χ1) is 11.5. The Morgan fingerprint density at radius 1 is 1.17 bits per heavy atom. The number of hydrogen-bond donors (Lipinski definition) is 3. The lowest BCUT2D eigenvalue weighted by molar-refractivity contribution is 0.0952. The summed E-state index contributed by atoms with van der Waals surface area (Å²) in [7, 11) is 0. The van der Waals surface area contributed by atoms with E-state index in [-0.39, 0.29) is 5.91 Å². The molecule has 5 nitrogen and oxygen atoms in total. The van der Waals surface area contributed by atoms with E-state index < -0.39 is 0 Å². The molecule has 1 amide bonds. The molecular formula is C19H22N4O. The van der Waals surface area contributed by atoms with Crippen molar-refractivity contribution in [3.63, 3.8) is 0 Å². The number of carbonyl (C=O) groups is 1. The van der Waals surface area contributed by atoms with Gasteiger partial charge in [-0.3, -0.25) is 4.79 Å². The van der Waals surface area contributed by atoms with E-state index in [2.05, 4.69) is 29.1 Å². The summed E-state index contributed by atoms with van der Waals surface area (Å²) in [6.45, 7) is 4.99. The molecule has 2 aromatic carbocycles. The second-order valence-electron chi connectivity index (χ2n) is 6.37. The van der Waals surface area contributed by atoms with E-state index in [0.29, 0.717) is 24.0 Å². The van der Waals surface area contributed by atoms with Crippen molar-refractivity contribution >= 4 is 22.9 Å². The number of nitrogens with zero attached hydrogens (tertiary/aromatic N) is 1. The number of anilines is 1. The van der Waals surface area contributed by atoms with E-state index in [1.54, 1.807) is 0 Å². The molecule has 0 radical (unpaired) electrons. The minimum Gasteiger partial charge on any atom is -0.369 e. The Bertz CT molecular complexity index is 849. The second kappa shape index (κ2) is 6.74. The number of nitrogen functional groups attached to an aromatic ring is 1. The van der Waals surface area contributed by atoms with Crippen molar-refractivity contribution in [1.82, 2.24) is 15.3 Å². The Labute approximate surface area is 141 Å². The van der Waals surface area contributed by atoms with Crippen LogP contribution in [0.1, 0.15) is 30.6 Å². The fraction of sp³-hybridized carbons (Fsp3) is 0.263. The van der Waals surface area contributed by atoms with Gasteiger partial charge >= 0.3 is 0 Å². The van der Waals surface area contributed by atoms with Crippen molar-refractivity contribution in [3.8, 4) is 11.1 Å². The molecule has 5 heteroatoms. The fourth-order valence-corrected chi connectivity index (χ4v) is 2.60. The maximum Gasteiger partial charge on any atom is 0.251 e. The molecule has 124 valence electrons. The summed E-state index contributed by atoms with van der Waals surface area (Å²) in [5.74, 6) is 0.966. The average molecular weight is 322 g/mol. The molecule has 0 bridgehead atoms. The predicted octanol–water partition coefficient (Wildman–Crippen LogP) is 3.59. The minimum absolute atomic E-state index is 0.0287. The molecule has 1 heterocycles. The quantitative estimate of drug-likeness (QED) is 0.671. The van der Waals surface area contributed by atoms with E-state index in [0.717, 1.165) is 28.6 Å². The van der Waals surface area contributed by atoms with Crippen molar-refractivity contribution in [3.05, 3.63) is 48.0 Å². The Hall–Kier alpha value is -2.82. The molecule has 4 N–H and O–H groups in total. The standard InChI is InChI=1S/C19H22N4O/c1-12(2)9-10-21-18(24)14-5-3-13(4-6-14)15-7-8-16-17(11-15)23-19(20)22-16/h3-8,11-12H,9-10H2,1-2H3,(H,21,24)(H3,20,22,23). The van der Waals surface area contributed by atoms with Crippen molar-refractivity contribution < 1.29 is 4.79 Å².